The lowest BCUT2D eigenvalue weighted by molar-refractivity contribution is 0.475. The minimum atomic E-state index is 0.311. The van der Waals surface area contributed by atoms with E-state index in [9.17, 15) is 5.11 Å². The fourth-order valence-corrected chi connectivity index (χ4v) is 1.71. The second kappa shape index (κ2) is 4.27. The van der Waals surface area contributed by atoms with Crippen molar-refractivity contribution in [1.82, 2.24) is 0 Å². The van der Waals surface area contributed by atoms with Crippen LogP contribution in [0.3, 0.4) is 0 Å². The molecule has 0 radical (unpaired) electrons. The summed E-state index contributed by atoms with van der Waals surface area (Å²) in [5, 5.41) is 9.88. The molecule has 0 heterocycles. The molecular weight excluding hydrogens is 198 g/mol. The molecule has 1 N–H and O–H groups in total. The van der Waals surface area contributed by atoms with Crippen molar-refractivity contribution in [1.29, 1.82) is 0 Å². The van der Waals surface area contributed by atoms with Crippen LogP contribution in [0.5, 0.6) is 5.75 Å². The highest BCUT2D eigenvalue weighted by atomic mass is 16.3. The Morgan fingerprint density at radius 1 is 1.00 bits per heavy atom. The van der Waals surface area contributed by atoms with E-state index in [0.29, 0.717) is 5.75 Å². The lowest BCUT2D eigenvalue weighted by Gasteiger charge is -2.20. The highest BCUT2D eigenvalue weighted by molar-refractivity contribution is 5.68. The van der Waals surface area contributed by atoms with Gasteiger partial charge in [0.1, 0.15) is 5.75 Å². The summed E-state index contributed by atoms with van der Waals surface area (Å²) in [6.45, 7) is 1.96. The number of nitrogens with zero attached hydrogens (tertiary/aromatic N) is 1. The lowest BCUT2D eigenvalue weighted by atomic mass is 10.2. The normalized spacial score (nSPS) is 10.1. The molecule has 0 atom stereocenters. The maximum absolute atomic E-state index is 9.88. The van der Waals surface area contributed by atoms with Crippen LogP contribution >= 0.6 is 0 Å². The van der Waals surface area contributed by atoms with Gasteiger partial charge in [-0.05, 0) is 36.8 Å². The van der Waals surface area contributed by atoms with Crippen LogP contribution in [0, 0.1) is 6.92 Å². The van der Waals surface area contributed by atoms with Gasteiger partial charge in [-0.2, -0.15) is 0 Å². The Morgan fingerprint density at radius 3 is 2.31 bits per heavy atom. The van der Waals surface area contributed by atoms with Crippen LogP contribution in [0.4, 0.5) is 11.4 Å². The summed E-state index contributed by atoms with van der Waals surface area (Å²) in [5.41, 5.74) is 2.93. The lowest BCUT2D eigenvalue weighted by Crippen LogP contribution is -2.09. The highest BCUT2D eigenvalue weighted by Gasteiger charge is 2.07. The van der Waals surface area contributed by atoms with E-state index in [4.69, 9.17) is 0 Å². The zero-order valence-electron chi connectivity index (χ0n) is 9.51. The third-order valence-corrected chi connectivity index (χ3v) is 2.64. The molecule has 0 spiro atoms. The Balaban J connectivity index is 2.38. The van der Waals surface area contributed by atoms with Crippen molar-refractivity contribution < 1.29 is 5.11 Å². The number of anilines is 2. The fraction of sp³-hybridized carbons (Fsp3) is 0.143. The number of aromatic hydroxyl groups is 1. The Bertz CT molecular complexity index is 479. The summed E-state index contributed by atoms with van der Waals surface area (Å²) in [4.78, 5) is 1.97. The van der Waals surface area contributed by atoms with Gasteiger partial charge in [-0.25, -0.2) is 0 Å². The minimum absolute atomic E-state index is 0.311. The fourth-order valence-electron chi connectivity index (χ4n) is 1.71. The van der Waals surface area contributed by atoms with Crippen molar-refractivity contribution >= 4 is 11.4 Å². The molecule has 2 aromatic rings. The van der Waals surface area contributed by atoms with E-state index in [1.54, 1.807) is 6.07 Å². The Morgan fingerprint density at radius 2 is 1.69 bits per heavy atom. The van der Waals surface area contributed by atoms with Crippen LogP contribution in [-0.2, 0) is 0 Å². The topological polar surface area (TPSA) is 23.5 Å². The molecule has 0 aliphatic carbocycles. The van der Waals surface area contributed by atoms with Gasteiger partial charge in [-0.15, -0.1) is 0 Å². The predicted molar refractivity (Wildman–Crippen MR) is 67.3 cm³/mol. The first kappa shape index (κ1) is 10.6. The molecule has 0 unspecified atom stereocenters. The third-order valence-electron chi connectivity index (χ3n) is 2.64. The van der Waals surface area contributed by atoms with E-state index in [2.05, 4.69) is 0 Å². The molecule has 2 rings (SSSR count). The summed E-state index contributed by atoms with van der Waals surface area (Å²) in [7, 11) is 1.94. The van der Waals surface area contributed by atoms with Crippen molar-refractivity contribution in [2.24, 2.45) is 0 Å². The van der Waals surface area contributed by atoms with E-state index in [1.807, 2.05) is 61.3 Å². The first-order valence-electron chi connectivity index (χ1n) is 5.27. The molecule has 0 aliphatic heterocycles. The van der Waals surface area contributed by atoms with Gasteiger partial charge in [0.15, 0.2) is 0 Å². The summed E-state index contributed by atoms with van der Waals surface area (Å²) in [6.07, 6.45) is 0. The molecule has 16 heavy (non-hydrogen) atoms. The van der Waals surface area contributed by atoms with Crippen molar-refractivity contribution in [2.75, 3.05) is 11.9 Å². The van der Waals surface area contributed by atoms with Gasteiger partial charge in [0, 0.05) is 12.7 Å². The summed E-state index contributed by atoms with van der Waals surface area (Å²) >= 11 is 0. The van der Waals surface area contributed by atoms with Crippen molar-refractivity contribution in [3.05, 3.63) is 54.1 Å². The molecule has 0 amide bonds. The number of aryl methyl sites for hydroxylation is 1. The van der Waals surface area contributed by atoms with E-state index in [-0.39, 0.29) is 0 Å². The molecule has 82 valence electrons. The number of hydrogen-bond donors (Lipinski definition) is 1. The quantitative estimate of drug-likeness (QED) is 0.825. The van der Waals surface area contributed by atoms with E-state index in [1.165, 1.54) is 0 Å². The van der Waals surface area contributed by atoms with Crippen LogP contribution < -0.4 is 4.90 Å². The molecule has 2 heteroatoms. The second-order valence-corrected chi connectivity index (χ2v) is 3.89. The van der Waals surface area contributed by atoms with Gasteiger partial charge in [-0.3, -0.25) is 0 Å². The van der Waals surface area contributed by atoms with Crippen LogP contribution in [0.25, 0.3) is 0 Å². The number of hydrogen-bond acceptors (Lipinski definition) is 2. The van der Waals surface area contributed by atoms with Gasteiger partial charge in [0.25, 0.3) is 0 Å². The smallest absolute Gasteiger partial charge is 0.139 e. The molecule has 0 aliphatic rings. The Kier molecular flexibility index (Phi) is 2.82. The monoisotopic (exact) mass is 213 g/mol. The first-order valence-corrected chi connectivity index (χ1v) is 5.27. The van der Waals surface area contributed by atoms with Crippen molar-refractivity contribution in [3.8, 4) is 5.75 Å². The molecule has 0 aromatic heterocycles. The minimum Gasteiger partial charge on any atom is -0.506 e. The van der Waals surface area contributed by atoms with E-state index in [0.717, 1.165) is 16.9 Å². The maximum Gasteiger partial charge on any atom is 0.139 e. The first-order chi connectivity index (χ1) is 7.68. The number of phenols is 1. The van der Waals surface area contributed by atoms with Crippen molar-refractivity contribution in [2.45, 2.75) is 6.92 Å². The molecule has 0 fully saturated rings. The summed E-state index contributed by atoms with van der Waals surface area (Å²) in [6, 6.07) is 15.7. The standard InChI is InChI=1S/C14H15NO/c1-11-8-9-13(14(16)10-11)15(2)12-6-4-3-5-7-12/h3-10,16H,1-2H3. The largest absolute Gasteiger partial charge is 0.506 e. The van der Waals surface area contributed by atoms with Gasteiger partial charge in [0.05, 0.1) is 5.69 Å². The molecule has 2 aromatic carbocycles. The second-order valence-electron chi connectivity index (χ2n) is 3.89. The van der Waals surface area contributed by atoms with Gasteiger partial charge >= 0.3 is 0 Å². The maximum atomic E-state index is 9.88. The Hall–Kier alpha value is -1.96. The highest BCUT2D eigenvalue weighted by Crippen LogP contribution is 2.31. The summed E-state index contributed by atoms with van der Waals surface area (Å²) < 4.78 is 0. The molecular formula is C14H15NO. The third kappa shape index (κ3) is 2.01. The number of phenolic OH excluding ortho intramolecular Hbond substituents is 1. The van der Waals surface area contributed by atoms with Crippen LogP contribution in [0.15, 0.2) is 48.5 Å². The zero-order valence-corrected chi connectivity index (χ0v) is 9.51. The van der Waals surface area contributed by atoms with Crippen LogP contribution in [-0.4, -0.2) is 12.2 Å². The van der Waals surface area contributed by atoms with Gasteiger partial charge in [-0.1, -0.05) is 24.3 Å². The number of rotatable bonds is 2. The van der Waals surface area contributed by atoms with Crippen LogP contribution in [0.1, 0.15) is 5.56 Å². The number of benzene rings is 2. The zero-order chi connectivity index (χ0) is 11.5. The molecule has 0 saturated heterocycles. The average Bonchev–Trinajstić information content (AvgIpc) is 2.29. The van der Waals surface area contributed by atoms with Gasteiger partial charge < -0.3 is 10.0 Å². The molecule has 0 saturated carbocycles. The summed E-state index contributed by atoms with van der Waals surface area (Å²) in [5.74, 6) is 0.311. The number of para-hydroxylation sites is 1. The predicted octanol–water partition coefficient (Wildman–Crippen LogP) is 3.47. The van der Waals surface area contributed by atoms with Crippen LogP contribution in [0.2, 0.25) is 0 Å². The average molecular weight is 213 g/mol. The van der Waals surface area contributed by atoms with E-state index < -0.39 is 0 Å². The van der Waals surface area contributed by atoms with Crippen molar-refractivity contribution in [3.63, 3.8) is 0 Å². The molecule has 0 bridgehead atoms. The Labute approximate surface area is 95.8 Å². The van der Waals surface area contributed by atoms with Gasteiger partial charge in [0.2, 0.25) is 0 Å². The SMILES string of the molecule is Cc1ccc(N(C)c2ccccc2)c(O)c1. The molecule has 2 nitrogen and oxygen atoms in total. The van der Waals surface area contributed by atoms with E-state index >= 15 is 0 Å².